The molecule has 2 amide bonds. The Balaban J connectivity index is 1.43. The number of imidazole rings is 1. The fourth-order valence-corrected chi connectivity index (χ4v) is 3.26. The number of nitrogens with one attached hydrogen (secondary N) is 2. The molecular formula is C19H28N4O2. The molecule has 0 spiro atoms. The monoisotopic (exact) mass is 344 g/mol. The smallest absolute Gasteiger partial charge is 0.317 e. The van der Waals surface area contributed by atoms with Crippen LogP contribution in [0.15, 0.2) is 24.3 Å². The number of urea groups is 1. The summed E-state index contributed by atoms with van der Waals surface area (Å²) in [4.78, 5) is 22.1. The van der Waals surface area contributed by atoms with Crippen molar-refractivity contribution in [3.63, 3.8) is 0 Å². The van der Waals surface area contributed by atoms with Gasteiger partial charge in [0.15, 0.2) is 0 Å². The lowest BCUT2D eigenvalue weighted by Crippen LogP contribution is -2.42. The van der Waals surface area contributed by atoms with Crippen LogP contribution in [-0.4, -0.2) is 53.2 Å². The van der Waals surface area contributed by atoms with Crippen LogP contribution in [0.1, 0.15) is 38.4 Å². The molecule has 1 aromatic carbocycles. The molecule has 25 heavy (non-hydrogen) atoms. The Hall–Kier alpha value is -2.08. The van der Waals surface area contributed by atoms with Crippen molar-refractivity contribution in [3.05, 3.63) is 30.1 Å². The van der Waals surface area contributed by atoms with Crippen LogP contribution >= 0.6 is 0 Å². The van der Waals surface area contributed by atoms with Gasteiger partial charge in [-0.25, -0.2) is 9.78 Å². The highest BCUT2D eigenvalue weighted by Crippen LogP contribution is 2.15. The molecule has 2 N–H and O–H groups in total. The van der Waals surface area contributed by atoms with Gasteiger partial charge in [0.1, 0.15) is 5.82 Å². The zero-order chi connectivity index (χ0) is 17.5. The van der Waals surface area contributed by atoms with E-state index < -0.39 is 0 Å². The molecular weight excluding hydrogens is 316 g/mol. The molecule has 1 aliphatic heterocycles. The number of ether oxygens (including phenoxy) is 1. The lowest BCUT2D eigenvalue weighted by atomic mass is 10.1. The fraction of sp³-hybridized carbons (Fsp3) is 0.579. The van der Waals surface area contributed by atoms with Crippen molar-refractivity contribution in [2.75, 3.05) is 26.2 Å². The van der Waals surface area contributed by atoms with Crippen molar-refractivity contribution in [3.8, 4) is 0 Å². The minimum absolute atomic E-state index is 0.00517. The second-order valence-electron chi connectivity index (χ2n) is 6.54. The van der Waals surface area contributed by atoms with E-state index in [9.17, 15) is 4.79 Å². The number of para-hydroxylation sites is 2. The van der Waals surface area contributed by atoms with Gasteiger partial charge in [0, 0.05) is 32.7 Å². The molecule has 0 aliphatic carbocycles. The Kier molecular flexibility index (Phi) is 6.28. The molecule has 136 valence electrons. The third-order valence-electron chi connectivity index (χ3n) is 4.74. The number of carbonyl (C=O) groups excluding carboxylic acids is 1. The van der Waals surface area contributed by atoms with Crippen LogP contribution in [0.4, 0.5) is 4.79 Å². The fourth-order valence-electron chi connectivity index (χ4n) is 3.26. The maximum atomic E-state index is 12.4. The van der Waals surface area contributed by atoms with Gasteiger partial charge in [-0.3, -0.25) is 0 Å². The molecule has 2 aromatic rings. The molecule has 1 saturated heterocycles. The van der Waals surface area contributed by atoms with Gasteiger partial charge in [-0.15, -0.1) is 0 Å². The average Bonchev–Trinajstić information content (AvgIpc) is 3.06. The quantitative estimate of drug-likeness (QED) is 0.811. The minimum Gasteiger partial charge on any atom is -0.378 e. The predicted octanol–water partition coefficient (Wildman–Crippen LogP) is 3.10. The second kappa shape index (κ2) is 8.85. The SMILES string of the molecule is CCN(CCc1nc2ccccc2[nH]1)C(=O)NCCC1CCCCO1. The molecule has 1 atom stereocenters. The maximum Gasteiger partial charge on any atom is 0.317 e. The molecule has 6 nitrogen and oxygen atoms in total. The maximum absolute atomic E-state index is 12.4. The zero-order valence-corrected chi connectivity index (χ0v) is 15.0. The molecule has 0 saturated carbocycles. The van der Waals surface area contributed by atoms with E-state index in [1.165, 1.54) is 6.42 Å². The summed E-state index contributed by atoms with van der Waals surface area (Å²) in [5, 5.41) is 3.02. The number of rotatable bonds is 7. The van der Waals surface area contributed by atoms with Crippen LogP contribution in [0.5, 0.6) is 0 Å². The summed E-state index contributed by atoms with van der Waals surface area (Å²) in [5.74, 6) is 0.919. The molecule has 3 rings (SSSR count). The number of nitrogens with zero attached hydrogens (tertiary/aromatic N) is 2. The van der Waals surface area contributed by atoms with Gasteiger partial charge in [0.05, 0.1) is 17.1 Å². The summed E-state index contributed by atoms with van der Waals surface area (Å²) < 4.78 is 5.70. The van der Waals surface area contributed by atoms with Crippen molar-refractivity contribution in [2.45, 2.75) is 45.1 Å². The molecule has 6 heteroatoms. The highest BCUT2D eigenvalue weighted by Gasteiger charge is 2.16. The Labute approximate surface area is 149 Å². The normalized spacial score (nSPS) is 17.6. The second-order valence-corrected chi connectivity index (χ2v) is 6.54. The number of aromatic nitrogens is 2. The third-order valence-corrected chi connectivity index (χ3v) is 4.74. The summed E-state index contributed by atoms with van der Waals surface area (Å²) in [5.41, 5.74) is 2.01. The zero-order valence-electron chi connectivity index (χ0n) is 15.0. The number of carbonyl (C=O) groups is 1. The molecule has 2 heterocycles. The number of likely N-dealkylation sites (N-methyl/N-ethyl adjacent to an activating group) is 1. The Morgan fingerprint density at radius 1 is 1.40 bits per heavy atom. The van der Waals surface area contributed by atoms with E-state index in [-0.39, 0.29) is 6.03 Å². The van der Waals surface area contributed by atoms with E-state index in [1.54, 1.807) is 0 Å². The van der Waals surface area contributed by atoms with E-state index in [1.807, 2.05) is 36.1 Å². The van der Waals surface area contributed by atoms with Crippen LogP contribution < -0.4 is 5.32 Å². The van der Waals surface area contributed by atoms with E-state index >= 15 is 0 Å². The highest BCUT2D eigenvalue weighted by molar-refractivity contribution is 5.75. The van der Waals surface area contributed by atoms with Crippen LogP contribution in [0.2, 0.25) is 0 Å². The minimum atomic E-state index is -0.00517. The van der Waals surface area contributed by atoms with Gasteiger partial charge in [0.2, 0.25) is 0 Å². The van der Waals surface area contributed by atoms with Crippen molar-refractivity contribution in [1.29, 1.82) is 0 Å². The summed E-state index contributed by atoms with van der Waals surface area (Å²) in [6.07, 6.45) is 5.43. The summed E-state index contributed by atoms with van der Waals surface area (Å²) in [6, 6.07) is 7.98. The standard InChI is InChI=1S/C19H28N4O2/c1-2-23(19(24)20-12-10-15-7-5-6-14-25-15)13-11-18-21-16-8-3-4-9-17(16)22-18/h3-4,8-9,15H,2,5-7,10-14H2,1H3,(H,20,24)(H,21,22). The Morgan fingerprint density at radius 2 is 2.28 bits per heavy atom. The molecule has 0 radical (unpaired) electrons. The lowest BCUT2D eigenvalue weighted by Gasteiger charge is -2.24. The van der Waals surface area contributed by atoms with Crippen molar-refractivity contribution in [1.82, 2.24) is 20.2 Å². The highest BCUT2D eigenvalue weighted by atomic mass is 16.5. The lowest BCUT2D eigenvalue weighted by molar-refractivity contribution is 0.0118. The van der Waals surface area contributed by atoms with E-state index in [2.05, 4.69) is 15.3 Å². The van der Waals surface area contributed by atoms with Gasteiger partial charge < -0.3 is 19.9 Å². The van der Waals surface area contributed by atoms with Crippen LogP contribution in [0, 0.1) is 0 Å². The van der Waals surface area contributed by atoms with Crippen molar-refractivity contribution < 1.29 is 9.53 Å². The Morgan fingerprint density at radius 3 is 3.04 bits per heavy atom. The summed E-state index contributed by atoms with van der Waals surface area (Å²) in [7, 11) is 0. The Bertz CT molecular complexity index is 646. The number of hydrogen-bond donors (Lipinski definition) is 2. The van der Waals surface area contributed by atoms with Crippen LogP contribution in [0.3, 0.4) is 0 Å². The van der Waals surface area contributed by atoms with Gasteiger partial charge in [-0.05, 0) is 44.7 Å². The number of amides is 2. The van der Waals surface area contributed by atoms with Crippen LogP contribution in [-0.2, 0) is 11.2 Å². The molecule has 0 bridgehead atoms. The number of fused-ring (bicyclic) bond motifs is 1. The average molecular weight is 344 g/mol. The third kappa shape index (κ3) is 4.95. The number of H-pyrrole nitrogens is 1. The summed E-state index contributed by atoms with van der Waals surface area (Å²) >= 11 is 0. The topological polar surface area (TPSA) is 70.2 Å². The first-order valence-corrected chi connectivity index (χ1v) is 9.34. The van der Waals surface area contributed by atoms with Gasteiger partial charge in [-0.1, -0.05) is 12.1 Å². The van der Waals surface area contributed by atoms with Gasteiger partial charge >= 0.3 is 6.03 Å². The molecule has 1 aliphatic rings. The largest absolute Gasteiger partial charge is 0.378 e. The van der Waals surface area contributed by atoms with E-state index in [0.29, 0.717) is 25.7 Å². The van der Waals surface area contributed by atoms with Gasteiger partial charge in [0.25, 0.3) is 0 Å². The van der Waals surface area contributed by atoms with Crippen molar-refractivity contribution in [2.24, 2.45) is 0 Å². The number of hydrogen-bond acceptors (Lipinski definition) is 3. The summed E-state index contributed by atoms with van der Waals surface area (Å²) in [6.45, 7) is 4.87. The number of benzene rings is 1. The first-order chi connectivity index (χ1) is 12.3. The predicted molar refractivity (Wildman–Crippen MR) is 98.7 cm³/mol. The van der Waals surface area contributed by atoms with Crippen LogP contribution in [0.25, 0.3) is 11.0 Å². The molecule has 1 aromatic heterocycles. The van der Waals surface area contributed by atoms with E-state index in [4.69, 9.17) is 4.74 Å². The number of aromatic amines is 1. The van der Waals surface area contributed by atoms with Gasteiger partial charge in [-0.2, -0.15) is 0 Å². The first-order valence-electron chi connectivity index (χ1n) is 9.34. The molecule has 1 fully saturated rings. The first kappa shape index (κ1) is 17.7. The van der Waals surface area contributed by atoms with E-state index in [0.717, 1.165) is 49.1 Å². The molecule has 1 unspecified atom stereocenters. The van der Waals surface area contributed by atoms with Crippen molar-refractivity contribution >= 4 is 17.1 Å².